The lowest BCUT2D eigenvalue weighted by Gasteiger charge is -2.27. The van der Waals surface area contributed by atoms with E-state index in [-0.39, 0.29) is 0 Å². The number of hydrogen-bond acceptors (Lipinski definition) is 5. The van der Waals surface area contributed by atoms with Gasteiger partial charge >= 0.3 is 6.09 Å². The Hall–Kier alpha value is -3.22. The number of rotatable bonds is 3. The van der Waals surface area contributed by atoms with Gasteiger partial charge < -0.3 is 24.8 Å². The number of alkyl carbamates (subject to hydrolysis) is 1. The smallest absolute Gasteiger partial charge is 0.408 e. The Labute approximate surface area is 164 Å². The van der Waals surface area contributed by atoms with Crippen LogP contribution in [0.3, 0.4) is 0 Å². The molecule has 0 saturated carbocycles. The molecule has 0 spiro atoms. The maximum Gasteiger partial charge on any atom is 0.408 e. The number of carbonyl (C=O) groups is 2. The van der Waals surface area contributed by atoms with Crippen LogP contribution in [0.1, 0.15) is 32.4 Å². The molecule has 0 unspecified atom stereocenters. The molecule has 0 bridgehead atoms. The predicted molar refractivity (Wildman–Crippen MR) is 105 cm³/mol. The fourth-order valence-electron chi connectivity index (χ4n) is 2.87. The molecule has 2 N–H and O–H groups in total. The van der Waals surface area contributed by atoms with Gasteiger partial charge in [0.1, 0.15) is 17.1 Å². The number of nitrogens with one attached hydrogen (secondary N) is 2. The van der Waals surface area contributed by atoms with Gasteiger partial charge in [0.05, 0.1) is 12.8 Å². The Kier molecular flexibility index (Phi) is 5.44. The molecular weight excluding hydrogens is 360 g/mol. The van der Waals surface area contributed by atoms with Crippen molar-refractivity contribution in [3.05, 3.63) is 54.1 Å². The van der Waals surface area contributed by atoms with E-state index in [1.54, 1.807) is 46.1 Å². The van der Waals surface area contributed by atoms with Crippen LogP contribution >= 0.6 is 0 Å². The van der Waals surface area contributed by atoms with Crippen molar-refractivity contribution in [2.75, 3.05) is 12.4 Å². The number of hydrogen-bond donors (Lipinski definition) is 2. The van der Waals surface area contributed by atoms with Gasteiger partial charge in [-0.3, -0.25) is 4.79 Å². The van der Waals surface area contributed by atoms with Gasteiger partial charge in [-0.1, -0.05) is 30.3 Å². The predicted octanol–water partition coefficient (Wildman–Crippen LogP) is 3.66. The van der Waals surface area contributed by atoms with Crippen molar-refractivity contribution in [1.82, 2.24) is 5.32 Å². The van der Waals surface area contributed by atoms with E-state index in [1.807, 2.05) is 30.3 Å². The molecule has 0 saturated heterocycles. The zero-order chi connectivity index (χ0) is 20.3. The van der Waals surface area contributed by atoms with Crippen LogP contribution in [0.5, 0.6) is 11.5 Å². The molecule has 1 heterocycles. The van der Waals surface area contributed by atoms with Crippen LogP contribution < -0.4 is 20.1 Å². The Bertz CT molecular complexity index is 861. The lowest BCUT2D eigenvalue weighted by atomic mass is 10.0. The zero-order valence-electron chi connectivity index (χ0n) is 16.3. The van der Waals surface area contributed by atoms with E-state index < -0.39 is 29.7 Å². The summed E-state index contributed by atoms with van der Waals surface area (Å²) in [7, 11) is 1.54. The summed E-state index contributed by atoms with van der Waals surface area (Å²) in [5.41, 5.74) is 0.534. The molecule has 28 heavy (non-hydrogen) atoms. The summed E-state index contributed by atoms with van der Waals surface area (Å²) in [6, 6.07) is 13.4. The maximum atomic E-state index is 13.0. The number of amides is 2. The van der Waals surface area contributed by atoms with E-state index in [1.165, 1.54) is 0 Å². The number of anilines is 1. The van der Waals surface area contributed by atoms with Crippen LogP contribution in [-0.4, -0.2) is 30.8 Å². The summed E-state index contributed by atoms with van der Waals surface area (Å²) in [4.78, 5) is 25.3. The van der Waals surface area contributed by atoms with Crippen molar-refractivity contribution >= 4 is 17.7 Å². The maximum absolute atomic E-state index is 13.0. The third-order valence-electron chi connectivity index (χ3n) is 4.08. The molecule has 1 aliphatic rings. The lowest BCUT2D eigenvalue weighted by Crippen LogP contribution is -2.49. The molecule has 0 aromatic heterocycles. The highest BCUT2D eigenvalue weighted by molar-refractivity contribution is 5.99. The van der Waals surface area contributed by atoms with E-state index in [4.69, 9.17) is 14.2 Å². The van der Waals surface area contributed by atoms with Crippen LogP contribution in [0, 0.1) is 0 Å². The lowest BCUT2D eigenvalue weighted by molar-refractivity contribution is -0.120. The minimum absolute atomic E-state index is 0.410. The Morgan fingerprint density at radius 2 is 1.86 bits per heavy atom. The summed E-state index contributed by atoms with van der Waals surface area (Å²) in [6.07, 6.45) is -1.43. The number of benzene rings is 2. The van der Waals surface area contributed by atoms with Crippen LogP contribution in [0.4, 0.5) is 10.5 Å². The normalized spacial score (nSPS) is 18.8. The Balaban J connectivity index is 1.96. The molecule has 0 radical (unpaired) electrons. The summed E-state index contributed by atoms with van der Waals surface area (Å²) >= 11 is 0. The first-order chi connectivity index (χ1) is 13.3. The van der Waals surface area contributed by atoms with Crippen molar-refractivity contribution in [3.63, 3.8) is 0 Å². The van der Waals surface area contributed by atoms with Crippen molar-refractivity contribution in [3.8, 4) is 11.5 Å². The average Bonchev–Trinajstić information content (AvgIpc) is 2.77. The van der Waals surface area contributed by atoms with E-state index in [0.717, 1.165) is 5.56 Å². The molecule has 2 amide bonds. The van der Waals surface area contributed by atoms with Crippen LogP contribution in [-0.2, 0) is 9.53 Å². The fourth-order valence-corrected chi connectivity index (χ4v) is 2.87. The SMILES string of the molecule is COc1ccc2c(c1)NC(=O)[C@@H](NC(=O)OC(C)(C)C)[C@@H](c1ccccc1)O2. The van der Waals surface area contributed by atoms with E-state index >= 15 is 0 Å². The van der Waals surface area contributed by atoms with Gasteiger partial charge in [0.2, 0.25) is 0 Å². The van der Waals surface area contributed by atoms with Gasteiger partial charge in [0, 0.05) is 6.07 Å². The van der Waals surface area contributed by atoms with Gasteiger partial charge in [-0.05, 0) is 38.5 Å². The van der Waals surface area contributed by atoms with Crippen molar-refractivity contribution in [1.29, 1.82) is 0 Å². The van der Waals surface area contributed by atoms with Crippen LogP contribution in [0.25, 0.3) is 0 Å². The molecule has 0 fully saturated rings. The number of methoxy groups -OCH3 is 1. The second-order valence-electron chi connectivity index (χ2n) is 7.42. The first-order valence-corrected chi connectivity index (χ1v) is 8.97. The standard InChI is InChI=1S/C21H24N2O5/c1-21(2,3)28-20(25)23-17-18(13-8-6-5-7-9-13)27-16-11-10-14(26-4)12-15(16)22-19(17)24/h5-12,17-18H,1-4H3,(H,22,24)(H,23,25)/t17-,18+/m0/s1. The largest absolute Gasteiger partial charge is 0.497 e. The van der Waals surface area contributed by atoms with Crippen LogP contribution in [0.15, 0.2) is 48.5 Å². The second-order valence-corrected chi connectivity index (χ2v) is 7.42. The average molecular weight is 384 g/mol. The van der Waals surface area contributed by atoms with Crippen molar-refractivity contribution in [2.24, 2.45) is 0 Å². The quantitative estimate of drug-likeness (QED) is 0.843. The van der Waals surface area contributed by atoms with Crippen molar-refractivity contribution in [2.45, 2.75) is 38.5 Å². The first kappa shape index (κ1) is 19.5. The zero-order valence-corrected chi connectivity index (χ0v) is 16.3. The van der Waals surface area contributed by atoms with E-state index in [2.05, 4.69) is 10.6 Å². The van der Waals surface area contributed by atoms with E-state index in [0.29, 0.717) is 17.2 Å². The van der Waals surface area contributed by atoms with Gasteiger partial charge in [-0.2, -0.15) is 0 Å². The highest BCUT2D eigenvalue weighted by Crippen LogP contribution is 2.37. The third-order valence-corrected chi connectivity index (χ3v) is 4.08. The molecular formula is C21H24N2O5. The molecule has 148 valence electrons. The molecule has 2 aromatic carbocycles. The summed E-state index contributed by atoms with van der Waals surface area (Å²) in [5, 5.41) is 5.45. The van der Waals surface area contributed by atoms with E-state index in [9.17, 15) is 9.59 Å². The minimum Gasteiger partial charge on any atom is -0.497 e. The third kappa shape index (κ3) is 4.54. The number of ether oxygens (including phenoxy) is 3. The monoisotopic (exact) mass is 384 g/mol. The highest BCUT2D eigenvalue weighted by atomic mass is 16.6. The summed E-state index contributed by atoms with van der Waals surface area (Å²) < 4.78 is 16.7. The second kappa shape index (κ2) is 7.80. The summed E-state index contributed by atoms with van der Waals surface area (Å²) in [5.74, 6) is 0.653. The topological polar surface area (TPSA) is 85.9 Å². The van der Waals surface area contributed by atoms with Gasteiger partial charge in [-0.25, -0.2) is 4.79 Å². The Morgan fingerprint density at radius 1 is 1.14 bits per heavy atom. The van der Waals surface area contributed by atoms with Crippen molar-refractivity contribution < 1.29 is 23.8 Å². The fraction of sp³-hybridized carbons (Fsp3) is 0.333. The van der Waals surface area contributed by atoms with Gasteiger partial charge in [0.15, 0.2) is 12.1 Å². The minimum atomic E-state index is -0.990. The number of carbonyl (C=O) groups excluding carboxylic acids is 2. The van der Waals surface area contributed by atoms with Gasteiger partial charge in [-0.15, -0.1) is 0 Å². The molecule has 1 aliphatic heterocycles. The number of fused-ring (bicyclic) bond motifs is 1. The molecule has 0 aliphatic carbocycles. The summed E-state index contributed by atoms with van der Waals surface area (Å²) in [6.45, 7) is 5.27. The molecule has 7 heteroatoms. The molecule has 3 rings (SSSR count). The first-order valence-electron chi connectivity index (χ1n) is 8.97. The Morgan fingerprint density at radius 3 is 2.50 bits per heavy atom. The molecule has 2 aromatic rings. The molecule has 2 atom stereocenters. The van der Waals surface area contributed by atoms with Crippen LogP contribution in [0.2, 0.25) is 0 Å². The van der Waals surface area contributed by atoms with Gasteiger partial charge in [0.25, 0.3) is 5.91 Å². The highest BCUT2D eigenvalue weighted by Gasteiger charge is 2.37. The molecule has 7 nitrogen and oxygen atoms in total.